The van der Waals surface area contributed by atoms with Crippen molar-refractivity contribution in [3.63, 3.8) is 0 Å². The summed E-state index contributed by atoms with van der Waals surface area (Å²) in [5.74, 6) is 0. The molecule has 0 spiro atoms. The van der Waals surface area contributed by atoms with E-state index in [2.05, 4.69) is 15.9 Å². The van der Waals surface area contributed by atoms with E-state index >= 15 is 0 Å². The van der Waals surface area contributed by atoms with E-state index in [1.54, 1.807) is 33.8 Å². The summed E-state index contributed by atoms with van der Waals surface area (Å²) in [4.78, 5) is 1.46. The van der Waals surface area contributed by atoms with E-state index in [0.29, 0.717) is 11.4 Å². The van der Waals surface area contributed by atoms with Crippen molar-refractivity contribution in [2.24, 2.45) is 0 Å². The molecule has 0 unspecified atom stereocenters. The summed E-state index contributed by atoms with van der Waals surface area (Å²) in [5, 5.41) is 1.98. The maximum Gasteiger partial charge on any atom is 0.243 e. The van der Waals surface area contributed by atoms with Crippen LogP contribution in [-0.4, -0.2) is 18.8 Å². The smallest absolute Gasteiger partial charge is 0.207 e. The molecule has 1 saturated carbocycles. The molecular weight excluding hydrogens is 370 g/mol. The van der Waals surface area contributed by atoms with Crippen LogP contribution in [0.5, 0.6) is 0 Å². The van der Waals surface area contributed by atoms with Crippen LogP contribution in [0.25, 0.3) is 0 Å². The van der Waals surface area contributed by atoms with Crippen LogP contribution in [0, 0.1) is 6.92 Å². The zero-order valence-electron chi connectivity index (χ0n) is 11.6. The number of nitrogens with zero attached hydrogens (tertiary/aromatic N) is 1. The Hall–Kier alpha value is -0.690. The topological polar surface area (TPSA) is 37.4 Å². The summed E-state index contributed by atoms with van der Waals surface area (Å²) in [7, 11) is -3.43. The molecule has 1 aromatic heterocycles. The summed E-state index contributed by atoms with van der Waals surface area (Å²) in [6, 6.07) is 9.32. The second-order valence-electron chi connectivity index (χ2n) is 5.27. The number of rotatable bonds is 5. The van der Waals surface area contributed by atoms with Crippen LogP contribution in [0.2, 0.25) is 0 Å². The van der Waals surface area contributed by atoms with Gasteiger partial charge in [-0.2, -0.15) is 4.31 Å². The van der Waals surface area contributed by atoms with Gasteiger partial charge in [0.2, 0.25) is 10.0 Å². The maximum atomic E-state index is 12.9. The van der Waals surface area contributed by atoms with Crippen molar-refractivity contribution in [3.8, 4) is 0 Å². The van der Waals surface area contributed by atoms with E-state index in [1.807, 2.05) is 24.4 Å². The van der Waals surface area contributed by atoms with Gasteiger partial charge in [-0.3, -0.25) is 0 Å². The van der Waals surface area contributed by atoms with E-state index in [4.69, 9.17) is 0 Å². The minimum absolute atomic E-state index is 0.154. The molecule has 1 fully saturated rings. The highest BCUT2D eigenvalue weighted by molar-refractivity contribution is 9.10. The molecule has 1 aliphatic carbocycles. The van der Waals surface area contributed by atoms with Crippen molar-refractivity contribution >= 4 is 37.3 Å². The third-order valence-electron chi connectivity index (χ3n) is 3.58. The number of aryl methyl sites for hydroxylation is 1. The summed E-state index contributed by atoms with van der Waals surface area (Å²) in [6.45, 7) is 2.38. The van der Waals surface area contributed by atoms with Gasteiger partial charge in [0, 0.05) is 21.9 Å². The molecule has 0 amide bonds. The zero-order chi connectivity index (χ0) is 15.0. The third kappa shape index (κ3) is 3.23. The molecule has 1 aliphatic rings. The van der Waals surface area contributed by atoms with Crippen LogP contribution >= 0.6 is 27.3 Å². The molecule has 0 bridgehead atoms. The minimum atomic E-state index is -3.43. The quantitative estimate of drug-likeness (QED) is 0.774. The van der Waals surface area contributed by atoms with E-state index in [1.165, 1.54) is 0 Å². The van der Waals surface area contributed by atoms with Crippen molar-refractivity contribution in [1.82, 2.24) is 4.31 Å². The van der Waals surface area contributed by atoms with Crippen LogP contribution in [0.15, 0.2) is 45.1 Å². The van der Waals surface area contributed by atoms with Crippen molar-refractivity contribution in [2.75, 3.05) is 0 Å². The van der Waals surface area contributed by atoms with Gasteiger partial charge < -0.3 is 0 Å². The highest BCUT2D eigenvalue weighted by atomic mass is 79.9. The Morgan fingerprint density at radius 3 is 2.67 bits per heavy atom. The number of thiophene rings is 1. The average molecular weight is 386 g/mol. The number of hydrogen-bond donors (Lipinski definition) is 0. The molecule has 3 nitrogen and oxygen atoms in total. The predicted molar refractivity (Wildman–Crippen MR) is 88.9 cm³/mol. The normalized spacial score (nSPS) is 15.6. The lowest BCUT2D eigenvalue weighted by molar-refractivity contribution is 0.401. The van der Waals surface area contributed by atoms with E-state index in [-0.39, 0.29) is 6.04 Å². The molecule has 2 aromatic rings. The lowest BCUT2D eigenvalue weighted by Gasteiger charge is -2.21. The van der Waals surface area contributed by atoms with E-state index in [0.717, 1.165) is 27.8 Å². The first-order valence-corrected chi connectivity index (χ1v) is 9.90. The van der Waals surface area contributed by atoms with Crippen molar-refractivity contribution in [3.05, 3.63) is 50.6 Å². The summed E-state index contributed by atoms with van der Waals surface area (Å²) in [5.41, 5.74) is 0.933. The molecule has 3 rings (SSSR count). The monoisotopic (exact) mass is 385 g/mol. The molecule has 1 aromatic carbocycles. The fraction of sp³-hybridized carbons (Fsp3) is 0.333. The first kappa shape index (κ1) is 15.2. The predicted octanol–water partition coefficient (Wildman–Crippen LogP) is 4.17. The first-order valence-electron chi connectivity index (χ1n) is 6.79. The Morgan fingerprint density at radius 2 is 2.10 bits per heavy atom. The molecule has 6 heteroatoms. The Bertz CT molecular complexity index is 737. The average Bonchev–Trinajstić information content (AvgIpc) is 3.15. The highest BCUT2D eigenvalue weighted by Crippen LogP contribution is 2.34. The summed E-state index contributed by atoms with van der Waals surface area (Å²) >= 11 is 5.02. The minimum Gasteiger partial charge on any atom is -0.207 e. The van der Waals surface area contributed by atoms with Crippen molar-refractivity contribution in [2.45, 2.75) is 37.2 Å². The summed E-state index contributed by atoms with van der Waals surface area (Å²) in [6.07, 6.45) is 1.92. The fourth-order valence-corrected chi connectivity index (χ4v) is 5.02. The van der Waals surface area contributed by atoms with Crippen LogP contribution in [0.1, 0.15) is 23.3 Å². The van der Waals surface area contributed by atoms with E-state index in [9.17, 15) is 8.42 Å². The lowest BCUT2D eigenvalue weighted by Crippen LogP contribution is -2.32. The molecule has 0 atom stereocenters. The number of sulfonamides is 1. The van der Waals surface area contributed by atoms with Gasteiger partial charge in [0.25, 0.3) is 0 Å². The van der Waals surface area contributed by atoms with Gasteiger partial charge in [-0.15, -0.1) is 11.3 Å². The lowest BCUT2D eigenvalue weighted by atomic mass is 10.2. The highest BCUT2D eigenvalue weighted by Gasteiger charge is 2.38. The van der Waals surface area contributed by atoms with Crippen LogP contribution in [-0.2, 0) is 16.6 Å². The van der Waals surface area contributed by atoms with Crippen molar-refractivity contribution < 1.29 is 8.42 Å². The molecule has 1 heterocycles. The fourth-order valence-electron chi connectivity index (χ4n) is 2.24. The van der Waals surface area contributed by atoms with Gasteiger partial charge in [0.05, 0.1) is 4.90 Å². The Balaban J connectivity index is 1.95. The van der Waals surface area contributed by atoms with E-state index < -0.39 is 10.0 Å². The number of benzene rings is 1. The summed E-state index contributed by atoms with van der Waals surface area (Å²) < 4.78 is 28.4. The Kier molecular flexibility index (Phi) is 4.23. The second-order valence-corrected chi connectivity index (χ2v) is 9.05. The Morgan fingerprint density at radius 1 is 1.33 bits per heavy atom. The third-order valence-corrected chi connectivity index (χ3v) is 7.23. The van der Waals surface area contributed by atoms with Crippen LogP contribution in [0.3, 0.4) is 0 Å². The molecule has 0 saturated heterocycles. The first-order chi connectivity index (χ1) is 9.98. The second kappa shape index (κ2) is 5.83. The van der Waals surface area contributed by atoms with Crippen molar-refractivity contribution in [1.29, 1.82) is 0 Å². The molecule has 0 aliphatic heterocycles. The SMILES string of the molecule is Cc1cc(S(=O)(=O)N(Cc2cccs2)C2CC2)ccc1Br. The van der Waals surface area contributed by atoms with Gasteiger partial charge in [-0.25, -0.2) is 8.42 Å². The zero-order valence-corrected chi connectivity index (χ0v) is 14.8. The van der Waals surface area contributed by atoms with Gasteiger partial charge in [-0.05, 0) is 55.0 Å². The number of halogens is 1. The molecule has 0 radical (unpaired) electrons. The van der Waals surface area contributed by atoms with Gasteiger partial charge in [0.1, 0.15) is 0 Å². The molecule has 21 heavy (non-hydrogen) atoms. The Labute approximate surface area is 137 Å². The maximum absolute atomic E-state index is 12.9. The molecule has 112 valence electrons. The van der Waals surface area contributed by atoms with Crippen LogP contribution in [0.4, 0.5) is 0 Å². The molecular formula is C15H16BrNO2S2. The van der Waals surface area contributed by atoms with Gasteiger partial charge in [0.15, 0.2) is 0 Å². The standard InChI is InChI=1S/C15H16BrNO2S2/c1-11-9-14(6-7-15(11)16)21(18,19)17(12-4-5-12)10-13-3-2-8-20-13/h2-3,6-9,12H,4-5,10H2,1H3. The largest absolute Gasteiger partial charge is 0.243 e. The molecule has 0 N–H and O–H groups in total. The van der Waals surface area contributed by atoms with Gasteiger partial charge >= 0.3 is 0 Å². The van der Waals surface area contributed by atoms with Gasteiger partial charge in [-0.1, -0.05) is 22.0 Å². The number of hydrogen-bond acceptors (Lipinski definition) is 3. The van der Waals surface area contributed by atoms with Crippen LogP contribution < -0.4 is 0 Å².